The highest BCUT2D eigenvalue weighted by Gasteiger charge is 2.38. The third-order valence-corrected chi connectivity index (χ3v) is 2.74. The summed E-state index contributed by atoms with van der Waals surface area (Å²) in [6.45, 7) is 0.301. The minimum absolute atomic E-state index is 0.0437. The number of methoxy groups -OCH3 is 1. The summed E-state index contributed by atoms with van der Waals surface area (Å²) < 4.78 is 53.4. The first kappa shape index (κ1) is 14.4. The molecule has 0 radical (unpaired) electrons. The van der Waals surface area contributed by atoms with Gasteiger partial charge in [0.25, 0.3) is 0 Å². The maximum atomic E-state index is 13.0. The molecule has 1 heterocycles. The zero-order valence-corrected chi connectivity index (χ0v) is 10.4. The summed E-state index contributed by atoms with van der Waals surface area (Å²) in [6.07, 6.45) is -6.80. The van der Waals surface area contributed by atoms with Crippen molar-refractivity contribution >= 4 is 5.97 Å². The lowest BCUT2D eigenvalue weighted by Crippen LogP contribution is -2.21. The number of esters is 1. The van der Waals surface area contributed by atoms with Gasteiger partial charge in [-0.15, -0.1) is 0 Å². The minimum Gasteiger partial charge on any atom is -0.486 e. The van der Waals surface area contributed by atoms with Gasteiger partial charge in [-0.2, -0.15) is 13.2 Å². The van der Waals surface area contributed by atoms with Gasteiger partial charge in [0.2, 0.25) is 0 Å². The van der Waals surface area contributed by atoms with Crippen LogP contribution in [0.3, 0.4) is 0 Å². The zero-order valence-electron chi connectivity index (χ0n) is 10.4. The Balaban J connectivity index is 2.55. The minimum atomic E-state index is -4.75. The van der Waals surface area contributed by atoms with Crippen LogP contribution in [0, 0.1) is 0 Å². The highest BCUT2D eigenvalue weighted by atomic mass is 19.4. The average Bonchev–Trinajstić information content (AvgIpc) is 2.43. The first-order valence-corrected chi connectivity index (χ1v) is 5.61. The molecular formula is C12H11F3O5. The van der Waals surface area contributed by atoms with Crippen LogP contribution in [0.15, 0.2) is 12.1 Å². The second kappa shape index (κ2) is 5.20. The maximum absolute atomic E-state index is 13.0. The fourth-order valence-electron chi connectivity index (χ4n) is 1.81. The lowest BCUT2D eigenvalue weighted by atomic mass is 10.0. The van der Waals surface area contributed by atoms with E-state index < -0.39 is 29.4 Å². The van der Waals surface area contributed by atoms with Crippen LogP contribution in [0.1, 0.15) is 17.2 Å². The number of carbonyl (C=O) groups excluding carboxylic acids is 1. The van der Waals surface area contributed by atoms with Crippen molar-refractivity contribution in [1.29, 1.82) is 0 Å². The molecular weight excluding hydrogens is 281 g/mol. The molecule has 0 aliphatic carbocycles. The number of hydrogen-bond acceptors (Lipinski definition) is 5. The normalized spacial score (nSPS) is 15.7. The van der Waals surface area contributed by atoms with Gasteiger partial charge in [0.05, 0.1) is 12.7 Å². The van der Waals surface area contributed by atoms with E-state index in [-0.39, 0.29) is 24.7 Å². The molecule has 2 rings (SSSR count). The van der Waals surface area contributed by atoms with Crippen LogP contribution in [-0.4, -0.2) is 31.4 Å². The molecule has 1 aliphatic rings. The number of carbonyl (C=O) groups is 1. The van der Waals surface area contributed by atoms with Gasteiger partial charge in [0.15, 0.2) is 17.6 Å². The smallest absolute Gasteiger partial charge is 0.416 e. The topological polar surface area (TPSA) is 65.0 Å². The molecule has 8 heteroatoms. The number of rotatable bonds is 2. The van der Waals surface area contributed by atoms with Crippen LogP contribution >= 0.6 is 0 Å². The third-order valence-electron chi connectivity index (χ3n) is 2.74. The Labute approximate surface area is 111 Å². The lowest BCUT2D eigenvalue weighted by molar-refractivity contribution is -0.152. The van der Waals surface area contributed by atoms with Crippen molar-refractivity contribution in [3.8, 4) is 11.5 Å². The summed E-state index contributed by atoms with van der Waals surface area (Å²) in [5.41, 5.74) is -1.80. The molecule has 0 spiro atoms. The summed E-state index contributed by atoms with van der Waals surface area (Å²) >= 11 is 0. The Kier molecular flexibility index (Phi) is 3.76. The van der Waals surface area contributed by atoms with E-state index in [1.807, 2.05) is 0 Å². The van der Waals surface area contributed by atoms with Crippen molar-refractivity contribution in [2.24, 2.45) is 0 Å². The predicted molar refractivity (Wildman–Crippen MR) is 59.4 cm³/mol. The van der Waals surface area contributed by atoms with E-state index in [0.29, 0.717) is 6.07 Å². The lowest BCUT2D eigenvalue weighted by Gasteiger charge is -2.23. The molecule has 20 heavy (non-hydrogen) atoms. The van der Waals surface area contributed by atoms with Crippen molar-refractivity contribution in [2.75, 3.05) is 20.3 Å². The molecule has 1 atom stereocenters. The monoisotopic (exact) mass is 292 g/mol. The first-order chi connectivity index (χ1) is 9.34. The molecule has 0 aromatic heterocycles. The van der Waals surface area contributed by atoms with Crippen LogP contribution < -0.4 is 9.47 Å². The van der Waals surface area contributed by atoms with Crippen LogP contribution in [-0.2, 0) is 15.7 Å². The molecule has 0 saturated carbocycles. The van der Waals surface area contributed by atoms with Gasteiger partial charge >= 0.3 is 12.1 Å². The van der Waals surface area contributed by atoms with Gasteiger partial charge < -0.3 is 19.3 Å². The van der Waals surface area contributed by atoms with E-state index in [1.54, 1.807) is 0 Å². The van der Waals surface area contributed by atoms with Crippen LogP contribution in [0.4, 0.5) is 13.2 Å². The van der Waals surface area contributed by atoms with E-state index in [1.165, 1.54) is 0 Å². The fourth-order valence-corrected chi connectivity index (χ4v) is 1.81. The first-order valence-electron chi connectivity index (χ1n) is 5.61. The molecule has 1 N–H and O–H groups in total. The Bertz CT molecular complexity index is 527. The SMILES string of the molecule is COC(=O)C(O)c1cc2c(cc1C(F)(F)F)OCCO2. The highest BCUT2D eigenvalue weighted by Crippen LogP contribution is 2.42. The van der Waals surface area contributed by atoms with Crippen molar-refractivity contribution in [1.82, 2.24) is 0 Å². The predicted octanol–water partition coefficient (Wildman–Crippen LogP) is 1.68. The fraction of sp³-hybridized carbons (Fsp3) is 0.417. The Morgan fingerprint density at radius 2 is 1.85 bits per heavy atom. The molecule has 1 unspecified atom stereocenters. The number of aliphatic hydroxyl groups excluding tert-OH is 1. The van der Waals surface area contributed by atoms with Gasteiger partial charge in [-0.25, -0.2) is 4.79 Å². The van der Waals surface area contributed by atoms with Crippen molar-refractivity contribution in [3.05, 3.63) is 23.3 Å². The van der Waals surface area contributed by atoms with E-state index in [9.17, 15) is 23.1 Å². The van der Waals surface area contributed by atoms with Crippen molar-refractivity contribution < 1.29 is 37.3 Å². The van der Waals surface area contributed by atoms with E-state index in [4.69, 9.17) is 9.47 Å². The number of fused-ring (bicyclic) bond motifs is 1. The Morgan fingerprint density at radius 3 is 2.35 bits per heavy atom. The molecule has 0 saturated heterocycles. The van der Waals surface area contributed by atoms with Gasteiger partial charge in [0.1, 0.15) is 13.2 Å². The molecule has 0 fully saturated rings. The van der Waals surface area contributed by atoms with Gasteiger partial charge in [-0.3, -0.25) is 0 Å². The van der Waals surface area contributed by atoms with Crippen LogP contribution in [0.25, 0.3) is 0 Å². The average molecular weight is 292 g/mol. The molecule has 1 aromatic rings. The number of benzene rings is 1. The number of aliphatic hydroxyl groups is 1. The van der Waals surface area contributed by atoms with Crippen molar-refractivity contribution in [3.63, 3.8) is 0 Å². The quantitative estimate of drug-likeness (QED) is 0.840. The molecule has 1 aliphatic heterocycles. The standard InChI is InChI=1S/C12H11F3O5/c1-18-11(17)10(16)6-4-8-9(20-3-2-19-8)5-7(6)12(13,14)15/h4-5,10,16H,2-3H2,1H3. The second-order valence-corrected chi connectivity index (χ2v) is 4.01. The zero-order chi connectivity index (χ0) is 14.9. The number of halogens is 3. The summed E-state index contributed by atoms with van der Waals surface area (Å²) in [7, 11) is 0.969. The number of ether oxygens (including phenoxy) is 3. The van der Waals surface area contributed by atoms with Gasteiger partial charge in [-0.1, -0.05) is 0 Å². The highest BCUT2D eigenvalue weighted by molar-refractivity contribution is 5.77. The third kappa shape index (κ3) is 2.64. The Morgan fingerprint density at radius 1 is 1.30 bits per heavy atom. The molecule has 0 amide bonds. The van der Waals surface area contributed by atoms with E-state index in [2.05, 4.69) is 4.74 Å². The molecule has 0 bridgehead atoms. The van der Waals surface area contributed by atoms with E-state index >= 15 is 0 Å². The van der Waals surface area contributed by atoms with Crippen molar-refractivity contribution in [2.45, 2.75) is 12.3 Å². The number of hydrogen-bond donors (Lipinski definition) is 1. The van der Waals surface area contributed by atoms with Crippen LogP contribution in [0.5, 0.6) is 11.5 Å². The maximum Gasteiger partial charge on any atom is 0.416 e. The molecule has 1 aromatic carbocycles. The summed E-state index contributed by atoms with van der Waals surface area (Å²) in [5, 5.41) is 9.66. The molecule has 5 nitrogen and oxygen atoms in total. The largest absolute Gasteiger partial charge is 0.486 e. The number of alkyl halides is 3. The Hall–Kier alpha value is -1.96. The van der Waals surface area contributed by atoms with Gasteiger partial charge in [-0.05, 0) is 12.1 Å². The summed E-state index contributed by atoms with van der Waals surface area (Å²) in [6, 6.07) is 1.65. The second-order valence-electron chi connectivity index (χ2n) is 4.01. The van der Waals surface area contributed by atoms with Crippen LogP contribution in [0.2, 0.25) is 0 Å². The van der Waals surface area contributed by atoms with Gasteiger partial charge in [0, 0.05) is 5.56 Å². The molecule has 110 valence electrons. The summed E-state index contributed by atoms with van der Waals surface area (Å²) in [4.78, 5) is 11.2. The van der Waals surface area contributed by atoms with E-state index in [0.717, 1.165) is 13.2 Å². The summed E-state index contributed by atoms with van der Waals surface area (Å²) in [5.74, 6) is -1.22.